The van der Waals surface area contributed by atoms with Gasteiger partial charge in [-0.1, -0.05) is 35.1 Å². The Labute approximate surface area is 187 Å². The third-order valence-electron chi connectivity index (χ3n) is 4.92. The molecule has 6 nitrogen and oxygen atoms in total. The monoisotopic (exact) mass is 445 g/mol. The summed E-state index contributed by atoms with van der Waals surface area (Å²) in [7, 11) is 0. The number of fused-ring (bicyclic) bond motifs is 2. The SMILES string of the molecule is Cc1ccc(Cl)c2sc(N(Cc3ccccn3)C(=O)c3ccc4nccnc4c3)nc12. The quantitative estimate of drug-likeness (QED) is 0.368. The predicted octanol–water partition coefficient (Wildman–Crippen LogP) is 5.44. The zero-order valence-electron chi connectivity index (χ0n) is 16.5. The molecule has 31 heavy (non-hydrogen) atoms. The average molecular weight is 446 g/mol. The van der Waals surface area contributed by atoms with Crippen molar-refractivity contribution in [3.8, 4) is 0 Å². The number of pyridine rings is 1. The molecule has 5 rings (SSSR count). The van der Waals surface area contributed by atoms with Crippen molar-refractivity contribution in [1.29, 1.82) is 0 Å². The van der Waals surface area contributed by atoms with Gasteiger partial charge in [0.05, 0.1) is 38.5 Å². The van der Waals surface area contributed by atoms with Gasteiger partial charge < -0.3 is 0 Å². The van der Waals surface area contributed by atoms with E-state index in [4.69, 9.17) is 16.6 Å². The van der Waals surface area contributed by atoms with E-state index in [-0.39, 0.29) is 12.5 Å². The topological polar surface area (TPSA) is 71.9 Å². The number of aromatic nitrogens is 4. The van der Waals surface area contributed by atoms with Crippen molar-refractivity contribution in [1.82, 2.24) is 19.9 Å². The predicted molar refractivity (Wildman–Crippen MR) is 124 cm³/mol. The fraction of sp³-hybridized carbons (Fsp3) is 0.0870. The molecule has 0 N–H and O–H groups in total. The smallest absolute Gasteiger partial charge is 0.260 e. The Morgan fingerprint density at radius 3 is 2.61 bits per heavy atom. The summed E-state index contributed by atoms with van der Waals surface area (Å²) in [5.74, 6) is -0.189. The number of carbonyl (C=O) groups excluding carboxylic acids is 1. The molecule has 0 unspecified atom stereocenters. The normalized spacial score (nSPS) is 11.2. The van der Waals surface area contributed by atoms with Crippen LogP contribution in [0.3, 0.4) is 0 Å². The summed E-state index contributed by atoms with van der Waals surface area (Å²) in [6, 6.07) is 14.7. The van der Waals surface area contributed by atoms with E-state index in [1.54, 1.807) is 41.7 Å². The van der Waals surface area contributed by atoms with Gasteiger partial charge in [-0.25, -0.2) is 4.98 Å². The number of amides is 1. The van der Waals surface area contributed by atoms with Crippen LogP contribution in [0.4, 0.5) is 5.13 Å². The molecule has 0 aliphatic carbocycles. The van der Waals surface area contributed by atoms with Crippen molar-refractivity contribution in [2.45, 2.75) is 13.5 Å². The summed E-state index contributed by atoms with van der Waals surface area (Å²) in [6.07, 6.45) is 4.95. The minimum atomic E-state index is -0.189. The second kappa shape index (κ2) is 8.02. The minimum absolute atomic E-state index is 0.189. The van der Waals surface area contributed by atoms with Crippen molar-refractivity contribution < 1.29 is 4.79 Å². The highest BCUT2D eigenvalue weighted by atomic mass is 35.5. The molecule has 0 saturated heterocycles. The molecule has 0 fully saturated rings. The van der Waals surface area contributed by atoms with Crippen molar-refractivity contribution in [2.24, 2.45) is 0 Å². The van der Waals surface area contributed by atoms with Gasteiger partial charge in [-0.15, -0.1) is 0 Å². The van der Waals surface area contributed by atoms with E-state index < -0.39 is 0 Å². The summed E-state index contributed by atoms with van der Waals surface area (Å²) >= 11 is 7.81. The summed E-state index contributed by atoms with van der Waals surface area (Å²) in [5.41, 5.74) is 4.47. The number of anilines is 1. The van der Waals surface area contributed by atoms with Gasteiger partial charge >= 0.3 is 0 Å². The van der Waals surface area contributed by atoms with E-state index in [0.717, 1.165) is 27.0 Å². The van der Waals surface area contributed by atoms with Crippen molar-refractivity contribution >= 4 is 55.2 Å². The summed E-state index contributed by atoms with van der Waals surface area (Å²) in [4.78, 5) is 33.0. The molecule has 2 aromatic carbocycles. The Bertz CT molecular complexity index is 1380. The highest BCUT2D eigenvalue weighted by molar-refractivity contribution is 7.23. The largest absolute Gasteiger partial charge is 0.278 e. The first-order chi connectivity index (χ1) is 15.1. The molecule has 152 valence electrons. The second-order valence-corrected chi connectivity index (χ2v) is 8.40. The number of thiazole rings is 1. The highest BCUT2D eigenvalue weighted by Gasteiger charge is 2.23. The van der Waals surface area contributed by atoms with Crippen molar-refractivity contribution in [3.63, 3.8) is 0 Å². The molecule has 0 bridgehead atoms. The third-order valence-corrected chi connectivity index (χ3v) is 6.46. The molecule has 3 heterocycles. The number of nitrogens with zero attached hydrogens (tertiary/aromatic N) is 5. The van der Waals surface area contributed by atoms with E-state index in [1.165, 1.54) is 11.3 Å². The van der Waals surface area contributed by atoms with Crippen LogP contribution >= 0.6 is 22.9 Å². The fourth-order valence-corrected chi connectivity index (χ4v) is 4.65. The van der Waals surface area contributed by atoms with Gasteiger partial charge in [-0.05, 0) is 48.9 Å². The zero-order valence-corrected chi connectivity index (χ0v) is 18.1. The van der Waals surface area contributed by atoms with Crippen LogP contribution in [0.2, 0.25) is 5.02 Å². The molecule has 1 amide bonds. The van der Waals surface area contributed by atoms with E-state index in [2.05, 4.69) is 15.0 Å². The highest BCUT2D eigenvalue weighted by Crippen LogP contribution is 2.36. The van der Waals surface area contributed by atoms with Crippen LogP contribution in [0.5, 0.6) is 0 Å². The van der Waals surface area contributed by atoms with Gasteiger partial charge in [0.25, 0.3) is 5.91 Å². The number of hydrogen-bond donors (Lipinski definition) is 0. The fourth-order valence-electron chi connectivity index (χ4n) is 3.34. The van der Waals surface area contributed by atoms with Gasteiger partial charge in [0, 0.05) is 24.2 Å². The van der Waals surface area contributed by atoms with Crippen LogP contribution in [-0.4, -0.2) is 25.8 Å². The molecule has 0 aliphatic heterocycles. The Hall–Kier alpha value is -3.42. The van der Waals surface area contributed by atoms with E-state index >= 15 is 0 Å². The van der Waals surface area contributed by atoms with Crippen LogP contribution in [0, 0.1) is 6.92 Å². The first kappa shape index (κ1) is 19.5. The number of rotatable bonds is 4. The van der Waals surface area contributed by atoms with Crippen molar-refractivity contribution in [3.05, 3.63) is 89.0 Å². The third kappa shape index (κ3) is 3.73. The number of aryl methyl sites for hydroxylation is 1. The lowest BCUT2D eigenvalue weighted by Gasteiger charge is -2.19. The van der Waals surface area contributed by atoms with E-state index in [0.29, 0.717) is 21.2 Å². The van der Waals surface area contributed by atoms with Crippen LogP contribution in [-0.2, 0) is 6.54 Å². The molecule has 0 spiro atoms. The van der Waals surface area contributed by atoms with E-state index in [9.17, 15) is 4.79 Å². The summed E-state index contributed by atoms with van der Waals surface area (Å²) in [5, 5.41) is 1.19. The number of hydrogen-bond acceptors (Lipinski definition) is 6. The maximum Gasteiger partial charge on any atom is 0.260 e. The van der Waals surface area contributed by atoms with Gasteiger partial charge in [0.15, 0.2) is 5.13 Å². The number of carbonyl (C=O) groups is 1. The lowest BCUT2D eigenvalue weighted by Crippen LogP contribution is -2.30. The molecule has 3 aromatic heterocycles. The molecular formula is C23H16ClN5OS. The van der Waals surface area contributed by atoms with Gasteiger partial charge in [-0.2, -0.15) is 0 Å². The van der Waals surface area contributed by atoms with Crippen LogP contribution < -0.4 is 4.90 Å². The van der Waals surface area contributed by atoms with Gasteiger partial charge in [-0.3, -0.25) is 24.6 Å². The molecule has 5 aromatic rings. The first-order valence-electron chi connectivity index (χ1n) is 9.58. The molecule has 8 heteroatoms. The molecule has 0 radical (unpaired) electrons. The summed E-state index contributed by atoms with van der Waals surface area (Å²) in [6.45, 7) is 2.27. The molecule has 0 aliphatic rings. The number of benzene rings is 2. The van der Waals surface area contributed by atoms with Crippen LogP contribution in [0.15, 0.2) is 67.1 Å². The molecule has 0 atom stereocenters. The second-order valence-electron chi connectivity index (χ2n) is 7.01. The lowest BCUT2D eigenvalue weighted by atomic mass is 10.1. The Kier molecular flexibility index (Phi) is 5.05. The van der Waals surface area contributed by atoms with E-state index in [1.807, 2.05) is 37.3 Å². The zero-order chi connectivity index (χ0) is 21.4. The van der Waals surface area contributed by atoms with Gasteiger partial charge in [0.2, 0.25) is 0 Å². The Morgan fingerprint density at radius 2 is 1.84 bits per heavy atom. The average Bonchev–Trinajstić information content (AvgIpc) is 3.26. The Morgan fingerprint density at radius 1 is 1.00 bits per heavy atom. The Balaban J connectivity index is 1.62. The standard InChI is InChI=1S/C23H16ClN5OS/c1-14-5-7-17(24)21-20(14)28-23(31-21)29(13-16-4-2-3-9-25-16)22(30)15-6-8-18-19(12-15)27-11-10-26-18/h2-12H,13H2,1H3. The van der Waals surface area contributed by atoms with Crippen molar-refractivity contribution in [2.75, 3.05) is 4.90 Å². The van der Waals surface area contributed by atoms with Gasteiger partial charge in [0.1, 0.15) is 0 Å². The minimum Gasteiger partial charge on any atom is -0.278 e. The maximum absolute atomic E-state index is 13.6. The molecular weight excluding hydrogens is 430 g/mol. The molecule has 0 saturated carbocycles. The van der Waals surface area contributed by atoms with Crippen LogP contribution in [0.25, 0.3) is 21.3 Å². The summed E-state index contributed by atoms with van der Waals surface area (Å²) < 4.78 is 0.861. The van der Waals surface area contributed by atoms with Crippen LogP contribution in [0.1, 0.15) is 21.6 Å². The number of halogens is 1. The maximum atomic E-state index is 13.6. The first-order valence-corrected chi connectivity index (χ1v) is 10.8. The lowest BCUT2D eigenvalue weighted by molar-refractivity contribution is 0.0985.